The van der Waals surface area contributed by atoms with Crippen molar-refractivity contribution in [2.75, 3.05) is 19.7 Å². The molecule has 178 valence electrons. The zero-order valence-electron chi connectivity index (χ0n) is 19.5. The molecule has 1 aliphatic carbocycles. The number of rotatable bonds is 7. The summed E-state index contributed by atoms with van der Waals surface area (Å²) in [4.78, 5) is 39.1. The molecule has 2 aromatic carbocycles. The molecular formula is C27H30N2O5. The van der Waals surface area contributed by atoms with Crippen LogP contribution in [0.5, 0.6) is 0 Å². The van der Waals surface area contributed by atoms with E-state index in [1.807, 2.05) is 43.3 Å². The first-order chi connectivity index (χ1) is 16.3. The largest absolute Gasteiger partial charge is 0.481 e. The molecule has 2 aliphatic rings. The topological polar surface area (TPSA) is 95.9 Å². The number of hydrogen-bond acceptors (Lipinski definition) is 4. The molecule has 0 saturated carbocycles. The predicted octanol–water partition coefficient (Wildman–Crippen LogP) is 4.04. The fourth-order valence-corrected chi connectivity index (χ4v) is 4.99. The van der Waals surface area contributed by atoms with Gasteiger partial charge < -0.3 is 20.1 Å². The van der Waals surface area contributed by atoms with Crippen molar-refractivity contribution in [1.82, 2.24) is 10.2 Å². The lowest BCUT2D eigenvalue weighted by molar-refractivity contribution is -0.149. The van der Waals surface area contributed by atoms with E-state index >= 15 is 0 Å². The van der Waals surface area contributed by atoms with Gasteiger partial charge in [-0.15, -0.1) is 6.58 Å². The maximum atomic E-state index is 13.1. The molecular weight excluding hydrogens is 432 g/mol. The highest BCUT2D eigenvalue weighted by Gasteiger charge is 2.48. The second-order valence-electron chi connectivity index (χ2n) is 9.39. The molecule has 0 radical (unpaired) electrons. The normalized spacial score (nSPS) is 21.9. The van der Waals surface area contributed by atoms with Gasteiger partial charge in [0.15, 0.2) is 0 Å². The molecule has 34 heavy (non-hydrogen) atoms. The third-order valence-electron chi connectivity index (χ3n) is 7.24. The molecule has 1 heterocycles. The Balaban J connectivity index is 1.42. The lowest BCUT2D eigenvalue weighted by atomic mass is 9.81. The maximum absolute atomic E-state index is 13.1. The summed E-state index contributed by atoms with van der Waals surface area (Å²) < 4.78 is 5.58. The van der Waals surface area contributed by atoms with Gasteiger partial charge >= 0.3 is 12.1 Å². The average Bonchev–Trinajstić information content (AvgIpc) is 3.32. The molecule has 0 spiro atoms. The van der Waals surface area contributed by atoms with Gasteiger partial charge in [-0.2, -0.15) is 0 Å². The fraction of sp³-hybridized carbons (Fsp3) is 0.370. The van der Waals surface area contributed by atoms with E-state index in [1.165, 1.54) is 4.90 Å². The number of carboxylic acid groups (broad SMARTS) is 1. The van der Waals surface area contributed by atoms with Crippen molar-refractivity contribution in [2.24, 2.45) is 11.3 Å². The number of carbonyl (C=O) groups excluding carboxylic acids is 2. The molecule has 2 amide bonds. The number of aliphatic carboxylic acids is 1. The number of hydrogen-bond donors (Lipinski definition) is 2. The number of nitrogens with zero attached hydrogens (tertiary/aromatic N) is 1. The smallest absolute Gasteiger partial charge is 0.407 e. The zero-order chi connectivity index (χ0) is 24.5. The van der Waals surface area contributed by atoms with Crippen molar-refractivity contribution in [3.05, 3.63) is 72.3 Å². The Morgan fingerprint density at radius 3 is 2.29 bits per heavy atom. The fourth-order valence-electron chi connectivity index (χ4n) is 4.99. The van der Waals surface area contributed by atoms with Crippen LogP contribution in [0.1, 0.15) is 37.3 Å². The molecule has 2 aromatic rings. The summed E-state index contributed by atoms with van der Waals surface area (Å²) in [6, 6.07) is 15.3. The van der Waals surface area contributed by atoms with Crippen molar-refractivity contribution in [3.8, 4) is 11.1 Å². The molecule has 3 atom stereocenters. The second-order valence-corrected chi connectivity index (χ2v) is 9.39. The highest BCUT2D eigenvalue weighted by molar-refractivity contribution is 5.87. The summed E-state index contributed by atoms with van der Waals surface area (Å²) in [7, 11) is 0. The van der Waals surface area contributed by atoms with Gasteiger partial charge in [-0.3, -0.25) is 9.59 Å². The van der Waals surface area contributed by atoms with Gasteiger partial charge in [-0.25, -0.2) is 4.79 Å². The highest BCUT2D eigenvalue weighted by Crippen LogP contribution is 2.44. The van der Waals surface area contributed by atoms with E-state index in [9.17, 15) is 19.5 Å². The van der Waals surface area contributed by atoms with E-state index < -0.39 is 23.5 Å². The van der Waals surface area contributed by atoms with E-state index in [4.69, 9.17) is 4.74 Å². The summed E-state index contributed by atoms with van der Waals surface area (Å²) in [5.74, 6) is -1.54. The van der Waals surface area contributed by atoms with E-state index in [0.717, 1.165) is 22.3 Å². The number of likely N-dealkylation sites (tertiary alicyclic amines) is 1. The molecule has 1 unspecified atom stereocenters. The third-order valence-corrected chi connectivity index (χ3v) is 7.24. The van der Waals surface area contributed by atoms with Crippen LogP contribution in [0.4, 0.5) is 4.79 Å². The number of carbonyl (C=O) groups is 3. The van der Waals surface area contributed by atoms with Gasteiger partial charge in [0.1, 0.15) is 12.6 Å². The standard InChI is InChI=1S/C27H30N2O5/c1-4-9-23(24(30)29-14-17(2)27(3,16-29)25(31)32)28-26(33)34-15-22-20-12-7-5-10-18(20)19-11-6-8-13-21(19)22/h4-8,10-13,17,22-23H,1,9,14-16H2,2-3H3,(H,28,33)(H,31,32)/t17-,23?,27-/m0/s1. The molecule has 1 fully saturated rings. The van der Waals surface area contributed by atoms with Gasteiger partial charge in [-0.1, -0.05) is 61.5 Å². The molecule has 4 rings (SSSR count). The van der Waals surface area contributed by atoms with E-state index in [1.54, 1.807) is 13.0 Å². The number of carboxylic acids is 1. The van der Waals surface area contributed by atoms with Crippen LogP contribution in [-0.4, -0.2) is 53.7 Å². The van der Waals surface area contributed by atoms with Crippen LogP contribution in [0.3, 0.4) is 0 Å². The lowest BCUT2D eigenvalue weighted by Gasteiger charge is -2.25. The summed E-state index contributed by atoms with van der Waals surface area (Å²) >= 11 is 0. The second kappa shape index (κ2) is 9.33. The van der Waals surface area contributed by atoms with Gasteiger partial charge in [0, 0.05) is 19.0 Å². The number of benzene rings is 2. The third kappa shape index (κ3) is 4.18. The summed E-state index contributed by atoms with van der Waals surface area (Å²) in [5.41, 5.74) is 3.47. The van der Waals surface area contributed by atoms with Crippen LogP contribution in [0.15, 0.2) is 61.2 Å². The van der Waals surface area contributed by atoms with Crippen LogP contribution < -0.4 is 5.32 Å². The Morgan fingerprint density at radius 2 is 1.76 bits per heavy atom. The molecule has 2 N–H and O–H groups in total. The molecule has 7 heteroatoms. The van der Waals surface area contributed by atoms with Crippen molar-refractivity contribution in [1.29, 1.82) is 0 Å². The van der Waals surface area contributed by atoms with Crippen LogP contribution >= 0.6 is 0 Å². The summed E-state index contributed by atoms with van der Waals surface area (Å²) in [5, 5.41) is 12.3. The van der Waals surface area contributed by atoms with Crippen molar-refractivity contribution in [3.63, 3.8) is 0 Å². The van der Waals surface area contributed by atoms with E-state index in [0.29, 0.717) is 6.54 Å². The van der Waals surface area contributed by atoms with Crippen molar-refractivity contribution in [2.45, 2.75) is 32.2 Å². The lowest BCUT2D eigenvalue weighted by Crippen LogP contribution is -2.48. The van der Waals surface area contributed by atoms with Crippen LogP contribution in [-0.2, 0) is 14.3 Å². The van der Waals surface area contributed by atoms with Gasteiger partial charge in [-0.05, 0) is 41.5 Å². The Labute approximate surface area is 199 Å². The Kier molecular flexibility index (Phi) is 6.46. The zero-order valence-corrected chi connectivity index (χ0v) is 19.5. The molecule has 0 bridgehead atoms. The Morgan fingerprint density at radius 1 is 1.18 bits per heavy atom. The number of fused-ring (bicyclic) bond motifs is 3. The minimum absolute atomic E-state index is 0.0811. The Bertz CT molecular complexity index is 1080. The van der Waals surface area contributed by atoms with Crippen LogP contribution in [0.25, 0.3) is 11.1 Å². The number of alkyl carbamates (subject to hydrolysis) is 1. The number of ether oxygens (including phenoxy) is 1. The average molecular weight is 463 g/mol. The molecule has 7 nitrogen and oxygen atoms in total. The molecule has 1 saturated heterocycles. The minimum Gasteiger partial charge on any atom is -0.481 e. The summed E-state index contributed by atoms with van der Waals surface area (Å²) in [6.07, 6.45) is 1.09. The number of amides is 2. The minimum atomic E-state index is -1.02. The molecule has 1 aliphatic heterocycles. The molecule has 0 aromatic heterocycles. The van der Waals surface area contributed by atoms with E-state index in [-0.39, 0.29) is 37.3 Å². The summed E-state index contributed by atoms with van der Waals surface area (Å²) in [6.45, 7) is 7.73. The Hall–Kier alpha value is -3.61. The van der Waals surface area contributed by atoms with Crippen molar-refractivity contribution >= 4 is 18.0 Å². The number of nitrogens with one attached hydrogen (secondary N) is 1. The first kappa shape index (κ1) is 23.5. The predicted molar refractivity (Wildman–Crippen MR) is 128 cm³/mol. The first-order valence-electron chi connectivity index (χ1n) is 11.5. The van der Waals surface area contributed by atoms with Crippen LogP contribution in [0.2, 0.25) is 0 Å². The maximum Gasteiger partial charge on any atom is 0.407 e. The first-order valence-corrected chi connectivity index (χ1v) is 11.5. The van der Waals surface area contributed by atoms with Crippen molar-refractivity contribution < 1.29 is 24.2 Å². The van der Waals surface area contributed by atoms with Gasteiger partial charge in [0.05, 0.1) is 5.41 Å². The van der Waals surface area contributed by atoms with E-state index in [2.05, 4.69) is 24.0 Å². The van der Waals surface area contributed by atoms with Gasteiger partial charge in [0.25, 0.3) is 0 Å². The van der Waals surface area contributed by atoms with Gasteiger partial charge in [0.2, 0.25) is 5.91 Å². The highest BCUT2D eigenvalue weighted by atomic mass is 16.5. The monoisotopic (exact) mass is 462 g/mol. The van der Waals surface area contributed by atoms with Crippen LogP contribution in [0, 0.1) is 11.3 Å². The quantitative estimate of drug-likeness (QED) is 0.606. The SMILES string of the molecule is C=CCC(NC(=O)OCC1c2ccccc2-c2ccccc21)C(=O)N1C[C@H](C)[C@@](C)(C(=O)O)C1.